The third-order valence-electron chi connectivity index (χ3n) is 8.82. The standard InChI is InChI=1S/C42H42N2O4S/c1-30-20-23-33(24-21-30)40-39(48-31(2)45)41(46)44(27-26-43(3)4)37-25-22-32(28-38(37)49-40)29-47-42(34-14-8-5-9-15-34,35-16-10-6-11-17-35)36-18-12-7-13-19-36/h5-25,28,39-40H,26-27,29H2,1-4H3. The number of aryl methyl sites for hydroxylation is 1. The first kappa shape index (κ1) is 34.2. The Morgan fingerprint density at radius 3 is 1.86 bits per heavy atom. The van der Waals surface area contributed by atoms with Crippen molar-refractivity contribution in [2.24, 2.45) is 0 Å². The lowest BCUT2D eigenvalue weighted by Gasteiger charge is -2.36. The second kappa shape index (κ2) is 15.2. The number of hydrogen-bond acceptors (Lipinski definition) is 6. The average Bonchev–Trinajstić information content (AvgIpc) is 3.22. The number of anilines is 1. The molecule has 6 rings (SSSR count). The van der Waals surface area contributed by atoms with Crippen LogP contribution in [0.3, 0.4) is 0 Å². The summed E-state index contributed by atoms with van der Waals surface area (Å²) >= 11 is 1.56. The molecule has 1 amide bonds. The van der Waals surface area contributed by atoms with Crippen LogP contribution in [0.5, 0.6) is 0 Å². The number of amides is 1. The van der Waals surface area contributed by atoms with Crippen molar-refractivity contribution in [3.05, 3.63) is 167 Å². The summed E-state index contributed by atoms with van der Waals surface area (Å²) in [6.45, 7) is 4.80. The Balaban J connectivity index is 1.44. The van der Waals surface area contributed by atoms with Gasteiger partial charge >= 0.3 is 5.97 Å². The van der Waals surface area contributed by atoms with E-state index in [-0.39, 0.29) is 5.91 Å². The number of thioether (sulfide) groups is 1. The summed E-state index contributed by atoms with van der Waals surface area (Å²) in [5, 5.41) is -0.437. The predicted octanol–water partition coefficient (Wildman–Crippen LogP) is 8.18. The predicted molar refractivity (Wildman–Crippen MR) is 197 cm³/mol. The van der Waals surface area contributed by atoms with E-state index in [1.165, 1.54) is 6.92 Å². The van der Waals surface area contributed by atoms with E-state index in [1.54, 1.807) is 16.7 Å². The number of benzene rings is 5. The van der Waals surface area contributed by atoms with Crippen LogP contribution in [0.4, 0.5) is 5.69 Å². The largest absolute Gasteiger partial charge is 0.451 e. The fourth-order valence-electron chi connectivity index (χ4n) is 6.35. The van der Waals surface area contributed by atoms with E-state index in [9.17, 15) is 9.59 Å². The molecule has 0 bridgehead atoms. The van der Waals surface area contributed by atoms with Gasteiger partial charge in [0.05, 0.1) is 17.5 Å². The summed E-state index contributed by atoms with van der Waals surface area (Å²) in [7, 11) is 3.96. The van der Waals surface area contributed by atoms with Gasteiger partial charge in [0.1, 0.15) is 5.60 Å². The van der Waals surface area contributed by atoms with Gasteiger partial charge in [-0.2, -0.15) is 0 Å². The van der Waals surface area contributed by atoms with E-state index in [0.29, 0.717) is 19.7 Å². The fourth-order valence-corrected chi connectivity index (χ4v) is 7.73. The van der Waals surface area contributed by atoms with Crippen molar-refractivity contribution in [3.63, 3.8) is 0 Å². The highest BCUT2D eigenvalue weighted by atomic mass is 32.2. The lowest BCUT2D eigenvalue weighted by molar-refractivity contribution is -0.152. The molecule has 0 saturated heterocycles. The van der Waals surface area contributed by atoms with Gasteiger partial charge in [0.15, 0.2) is 6.10 Å². The first-order valence-electron chi connectivity index (χ1n) is 16.6. The van der Waals surface area contributed by atoms with E-state index in [0.717, 1.165) is 44.0 Å². The Kier molecular flexibility index (Phi) is 10.6. The van der Waals surface area contributed by atoms with Gasteiger partial charge in [0.25, 0.3) is 5.91 Å². The molecule has 0 spiro atoms. The molecule has 2 atom stereocenters. The molecular weight excluding hydrogens is 629 g/mol. The van der Waals surface area contributed by atoms with Crippen LogP contribution >= 0.6 is 11.8 Å². The highest BCUT2D eigenvalue weighted by Crippen LogP contribution is 2.48. The van der Waals surface area contributed by atoms with Crippen molar-refractivity contribution in [2.45, 2.75) is 42.3 Å². The molecule has 0 aliphatic carbocycles. The molecule has 0 N–H and O–H groups in total. The van der Waals surface area contributed by atoms with E-state index >= 15 is 0 Å². The van der Waals surface area contributed by atoms with Crippen molar-refractivity contribution < 1.29 is 19.1 Å². The van der Waals surface area contributed by atoms with Crippen LogP contribution in [0.1, 0.15) is 45.6 Å². The molecule has 5 aromatic carbocycles. The van der Waals surface area contributed by atoms with E-state index < -0.39 is 22.9 Å². The summed E-state index contributed by atoms with van der Waals surface area (Å²) in [6, 6.07) is 45.3. The Hall–Kier alpha value is -4.69. The molecular formula is C42H42N2O4S. The molecule has 250 valence electrons. The van der Waals surface area contributed by atoms with Crippen LogP contribution in [0.25, 0.3) is 0 Å². The number of hydrogen-bond donors (Lipinski definition) is 0. The number of ether oxygens (including phenoxy) is 2. The minimum Gasteiger partial charge on any atom is -0.451 e. The normalized spacial score (nSPS) is 16.3. The lowest BCUT2D eigenvalue weighted by Crippen LogP contribution is -2.45. The minimum absolute atomic E-state index is 0.228. The maximum absolute atomic E-state index is 14.3. The number of carbonyl (C=O) groups is 2. The summed E-state index contributed by atoms with van der Waals surface area (Å²) in [5.41, 5.74) is 6.02. The van der Waals surface area contributed by atoms with Gasteiger partial charge in [0.2, 0.25) is 0 Å². The zero-order chi connectivity index (χ0) is 34.4. The van der Waals surface area contributed by atoms with Gasteiger partial charge in [-0.3, -0.25) is 9.59 Å². The monoisotopic (exact) mass is 670 g/mol. The Bertz CT molecular complexity index is 1770. The van der Waals surface area contributed by atoms with E-state index in [4.69, 9.17) is 9.47 Å². The molecule has 1 heterocycles. The molecule has 5 aromatic rings. The molecule has 1 aliphatic rings. The number of likely N-dealkylation sites (N-methyl/N-ethyl adjacent to an activating group) is 1. The molecule has 0 saturated carbocycles. The minimum atomic E-state index is -0.985. The number of nitrogens with zero attached hydrogens (tertiary/aromatic N) is 2. The van der Waals surface area contributed by atoms with E-state index in [1.807, 2.05) is 117 Å². The molecule has 6 nitrogen and oxygen atoms in total. The van der Waals surface area contributed by atoms with Crippen LogP contribution in [0.2, 0.25) is 0 Å². The smallest absolute Gasteiger partial charge is 0.303 e. The average molecular weight is 671 g/mol. The van der Waals surface area contributed by atoms with Crippen LogP contribution in [-0.2, 0) is 31.3 Å². The SMILES string of the molecule is CC(=O)OC1C(=O)N(CCN(C)C)c2ccc(COC(c3ccccc3)(c3ccccc3)c3ccccc3)cc2SC1c1ccc(C)cc1. The first-order valence-corrected chi connectivity index (χ1v) is 17.4. The highest BCUT2D eigenvalue weighted by Gasteiger charge is 2.41. The van der Waals surface area contributed by atoms with Crippen molar-refractivity contribution in [1.29, 1.82) is 0 Å². The number of fused-ring (bicyclic) bond motifs is 1. The third kappa shape index (κ3) is 7.49. The zero-order valence-corrected chi connectivity index (χ0v) is 29.2. The van der Waals surface area contributed by atoms with Crippen molar-refractivity contribution in [1.82, 2.24) is 4.90 Å². The highest BCUT2D eigenvalue weighted by molar-refractivity contribution is 7.99. The van der Waals surface area contributed by atoms with Crippen molar-refractivity contribution in [3.8, 4) is 0 Å². The topological polar surface area (TPSA) is 59.1 Å². The van der Waals surface area contributed by atoms with Gasteiger partial charge in [-0.1, -0.05) is 127 Å². The van der Waals surface area contributed by atoms with Gasteiger partial charge in [-0.25, -0.2) is 0 Å². The van der Waals surface area contributed by atoms with Gasteiger partial charge in [0, 0.05) is 24.9 Å². The van der Waals surface area contributed by atoms with Crippen molar-refractivity contribution >= 4 is 29.3 Å². The van der Waals surface area contributed by atoms with E-state index in [2.05, 4.69) is 42.5 Å². The number of rotatable bonds is 11. The Labute approximate surface area is 293 Å². The zero-order valence-electron chi connectivity index (χ0n) is 28.4. The van der Waals surface area contributed by atoms with Crippen LogP contribution < -0.4 is 4.90 Å². The van der Waals surface area contributed by atoms with Gasteiger partial charge < -0.3 is 19.3 Å². The molecule has 0 aromatic heterocycles. The molecule has 7 heteroatoms. The van der Waals surface area contributed by atoms with Crippen molar-refractivity contribution in [2.75, 3.05) is 32.1 Å². The van der Waals surface area contributed by atoms with Gasteiger partial charge in [-0.15, -0.1) is 11.8 Å². The summed E-state index contributed by atoms with van der Waals surface area (Å²) in [4.78, 5) is 31.5. The summed E-state index contributed by atoms with van der Waals surface area (Å²) in [6.07, 6.45) is -0.985. The van der Waals surface area contributed by atoms with Gasteiger partial charge in [-0.05, 0) is 61.0 Å². The van der Waals surface area contributed by atoms with Crippen LogP contribution in [0, 0.1) is 6.92 Å². The Morgan fingerprint density at radius 2 is 1.35 bits per heavy atom. The summed E-state index contributed by atoms with van der Waals surface area (Å²) in [5.74, 6) is -0.711. The van der Waals surface area contributed by atoms with Crippen LogP contribution in [-0.4, -0.2) is 50.1 Å². The van der Waals surface area contributed by atoms with Crippen LogP contribution in [0.15, 0.2) is 138 Å². The molecule has 49 heavy (non-hydrogen) atoms. The molecule has 0 radical (unpaired) electrons. The lowest BCUT2D eigenvalue weighted by atomic mass is 9.80. The second-order valence-electron chi connectivity index (χ2n) is 12.6. The molecule has 0 fully saturated rings. The first-order chi connectivity index (χ1) is 23.8. The molecule has 2 unspecified atom stereocenters. The Morgan fingerprint density at radius 1 is 0.796 bits per heavy atom. The second-order valence-corrected chi connectivity index (χ2v) is 13.8. The number of esters is 1. The quantitative estimate of drug-likeness (QED) is 0.104. The maximum atomic E-state index is 14.3. The maximum Gasteiger partial charge on any atom is 0.303 e. The summed E-state index contributed by atoms with van der Waals surface area (Å²) < 4.78 is 13.0. The number of carbonyl (C=O) groups excluding carboxylic acids is 2. The fraction of sp³-hybridized carbons (Fsp3) is 0.238. The third-order valence-corrected chi connectivity index (χ3v) is 10.2. The molecule has 1 aliphatic heterocycles.